The van der Waals surface area contributed by atoms with Crippen LogP contribution >= 0.6 is 0 Å². The first kappa shape index (κ1) is 23.4. The fourth-order valence-corrected chi connectivity index (χ4v) is 5.58. The van der Waals surface area contributed by atoms with E-state index in [1.165, 1.54) is 18.4 Å². The molecule has 2 aromatic carbocycles. The molecule has 2 atom stereocenters. The van der Waals surface area contributed by atoms with Crippen LogP contribution in [0.4, 0.5) is 0 Å². The van der Waals surface area contributed by atoms with Crippen LogP contribution in [-0.2, 0) is 9.53 Å². The SMILES string of the molecule is COCCN1C(=O)c2ccccc2C(C(=O)NCCC2=CCCCC2)C1c1c[nH]c2ccccc12. The lowest BCUT2D eigenvalue weighted by Gasteiger charge is -2.41. The van der Waals surface area contributed by atoms with E-state index in [4.69, 9.17) is 4.74 Å². The van der Waals surface area contributed by atoms with Gasteiger partial charge in [0.25, 0.3) is 5.91 Å². The van der Waals surface area contributed by atoms with Crippen molar-refractivity contribution in [2.75, 3.05) is 26.8 Å². The van der Waals surface area contributed by atoms with Crippen molar-refractivity contribution in [1.82, 2.24) is 15.2 Å². The summed E-state index contributed by atoms with van der Waals surface area (Å²) in [4.78, 5) is 32.7. The average Bonchev–Trinajstić information content (AvgIpc) is 3.32. The van der Waals surface area contributed by atoms with Crippen LogP contribution in [0.25, 0.3) is 10.9 Å². The van der Waals surface area contributed by atoms with Crippen LogP contribution < -0.4 is 5.32 Å². The summed E-state index contributed by atoms with van der Waals surface area (Å²) in [5.74, 6) is -0.622. The van der Waals surface area contributed by atoms with Gasteiger partial charge in [-0.05, 0) is 49.8 Å². The molecule has 3 aromatic rings. The standard InChI is InChI=1S/C29H33N3O3/c1-35-18-17-32-27(24-19-31-25-14-8-7-11-21(24)25)26(22-12-5-6-13-23(22)29(32)34)28(33)30-16-15-20-9-3-2-4-10-20/h5-9,11-14,19,26-27,31H,2-4,10,15-18H2,1H3,(H,30,33). The number of hydrogen-bond donors (Lipinski definition) is 2. The average molecular weight is 472 g/mol. The third-order valence-corrected chi connectivity index (χ3v) is 7.33. The highest BCUT2D eigenvalue weighted by atomic mass is 16.5. The maximum absolute atomic E-state index is 13.9. The Morgan fingerprint density at radius 2 is 1.94 bits per heavy atom. The maximum atomic E-state index is 13.9. The van der Waals surface area contributed by atoms with E-state index in [0.29, 0.717) is 25.3 Å². The molecule has 2 amide bonds. The fraction of sp³-hybridized carbons (Fsp3) is 0.379. The molecule has 0 fully saturated rings. The van der Waals surface area contributed by atoms with E-state index in [0.717, 1.165) is 41.3 Å². The molecule has 2 aliphatic rings. The van der Waals surface area contributed by atoms with E-state index in [-0.39, 0.29) is 11.8 Å². The van der Waals surface area contributed by atoms with Crippen molar-refractivity contribution in [1.29, 1.82) is 0 Å². The number of allylic oxidation sites excluding steroid dienone is 1. The van der Waals surface area contributed by atoms with Gasteiger partial charge in [-0.1, -0.05) is 48.0 Å². The third kappa shape index (κ3) is 4.63. The Morgan fingerprint density at radius 3 is 2.77 bits per heavy atom. The smallest absolute Gasteiger partial charge is 0.254 e. The van der Waals surface area contributed by atoms with Gasteiger partial charge in [0.1, 0.15) is 0 Å². The Morgan fingerprint density at radius 1 is 1.11 bits per heavy atom. The monoisotopic (exact) mass is 471 g/mol. The van der Waals surface area contributed by atoms with Crippen LogP contribution in [0.5, 0.6) is 0 Å². The van der Waals surface area contributed by atoms with Gasteiger partial charge in [0.05, 0.1) is 18.6 Å². The van der Waals surface area contributed by atoms with Crippen LogP contribution in [0.3, 0.4) is 0 Å². The number of para-hydroxylation sites is 1. The molecule has 0 bridgehead atoms. The topological polar surface area (TPSA) is 74.4 Å². The number of hydrogen-bond acceptors (Lipinski definition) is 3. The fourth-order valence-electron chi connectivity index (χ4n) is 5.58. The molecule has 6 nitrogen and oxygen atoms in total. The molecular weight excluding hydrogens is 438 g/mol. The second-order valence-corrected chi connectivity index (χ2v) is 9.44. The third-order valence-electron chi connectivity index (χ3n) is 7.33. The highest BCUT2D eigenvalue weighted by Crippen LogP contribution is 2.44. The molecule has 5 rings (SSSR count). The van der Waals surface area contributed by atoms with Crippen LogP contribution in [0.15, 0.2) is 66.4 Å². The molecule has 182 valence electrons. The summed E-state index contributed by atoms with van der Waals surface area (Å²) in [6.45, 7) is 1.41. The molecule has 1 aliphatic heterocycles. The van der Waals surface area contributed by atoms with Gasteiger partial charge in [-0.2, -0.15) is 0 Å². The summed E-state index contributed by atoms with van der Waals surface area (Å²) in [6, 6.07) is 15.1. The summed E-state index contributed by atoms with van der Waals surface area (Å²) in [7, 11) is 1.63. The highest BCUT2D eigenvalue weighted by Gasteiger charge is 2.44. The zero-order chi connectivity index (χ0) is 24.2. The molecule has 0 radical (unpaired) electrons. The first-order chi connectivity index (χ1) is 17.2. The number of nitrogens with zero attached hydrogens (tertiary/aromatic N) is 1. The molecule has 1 aromatic heterocycles. The molecule has 0 spiro atoms. The first-order valence-corrected chi connectivity index (χ1v) is 12.6. The van der Waals surface area contributed by atoms with Crippen molar-refractivity contribution in [3.05, 3.63) is 83.1 Å². The summed E-state index contributed by atoms with van der Waals surface area (Å²) in [5.41, 5.74) is 4.76. The first-order valence-electron chi connectivity index (χ1n) is 12.6. The summed E-state index contributed by atoms with van der Waals surface area (Å²) in [6.07, 6.45) is 9.90. The van der Waals surface area contributed by atoms with Crippen LogP contribution in [-0.4, -0.2) is 48.5 Å². The van der Waals surface area contributed by atoms with E-state index < -0.39 is 12.0 Å². The Balaban J connectivity index is 1.53. The maximum Gasteiger partial charge on any atom is 0.254 e. The summed E-state index contributed by atoms with van der Waals surface area (Å²) >= 11 is 0. The lowest BCUT2D eigenvalue weighted by molar-refractivity contribution is -0.124. The number of nitrogens with one attached hydrogen (secondary N) is 2. The van der Waals surface area contributed by atoms with Crippen molar-refractivity contribution in [3.63, 3.8) is 0 Å². The highest BCUT2D eigenvalue weighted by molar-refractivity contribution is 6.02. The molecule has 35 heavy (non-hydrogen) atoms. The van der Waals surface area contributed by atoms with Crippen LogP contribution in [0, 0.1) is 0 Å². The Kier molecular flexibility index (Phi) is 7.00. The van der Waals surface area contributed by atoms with Crippen molar-refractivity contribution in [2.45, 2.75) is 44.1 Å². The molecule has 0 saturated carbocycles. The lowest BCUT2D eigenvalue weighted by Crippen LogP contribution is -2.48. The Labute approximate surface area is 206 Å². The minimum atomic E-state index is -0.514. The van der Waals surface area contributed by atoms with Crippen molar-refractivity contribution in [2.24, 2.45) is 0 Å². The van der Waals surface area contributed by atoms with E-state index >= 15 is 0 Å². The van der Waals surface area contributed by atoms with Crippen molar-refractivity contribution >= 4 is 22.7 Å². The largest absolute Gasteiger partial charge is 0.383 e. The number of carbonyl (C=O) groups is 2. The second-order valence-electron chi connectivity index (χ2n) is 9.44. The number of ether oxygens (including phenoxy) is 1. The van der Waals surface area contributed by atoms with Gasteiger partial charge in [0.15, 0.2) is 0 Å². The van der Waals surface area contributed by atoms with Gasteiger partial charge in [0, 0.05) is 48.4 Å². The molecular formula is C29H33N3O3. The van der Waals surface area contributed by atoms with Gasteiger partial charge in [-0.15, -0.1) is 0 Å². The summed E-state index contributed by atoms with van der Waals surface area (Å²) in [5, 5.41) is 4.24. The number of aromatic amines is 1. The van der Waals surface area contributed by atoms with Gasteiger partial charge < -0.3 is 19.9 Å². The minimum Gasteiger partial charge on any atom is -0.383 e. The number of H-pyrrole nitrogens is 1. The Hall–Kier alpha value is -3.38. The number of fused-ring (bicyclic) bond motifs is 2. The van der Waals surface area contributed by atoms with Gasteiger partial charge >= 0.3 is 0 Å². The van der Waals surface area contributed by atoms with E-state index in [1.807, 2.05) is 59.6 Å². The summed E-state index contributed by atoms with van der Waals surface area (Å²) < 4.78 is 5.35. The molecule has 0 saturated heterocycles. The molecule has 2 unspecified atom stereocenters. The molecule has 2 heterocycles. The van der Waals surface area contributed by atoms with Crippen LogP contribution in [0.2, 0.25) is 0 Å². The number of carbonyl (C=O) groups excluding carboxylic acids is 2. The zero-order valence-electron chi connectivity index (χ0n) is 20.3. The zero-order valence-corrected chi connectivity index (χ0v) is 20.3. The lowest BCUT2D eigenvalue weighted by atomic mass is 9.79. The predicted molar refractivity (Wildman–Crippen MR) is 137 cm³/mol. The number of amides is 2. The molecule has 2 N–H and O–H groups in total. The molecule has 1 aliphatic carbocycles. The van der Waals surface area contributed by atoms with E-state index in [9.17, 15) is 9.59 Å². The number of benzene rings is 2. The predicted octanol–water partition coefficient (Wildman–Crippen LogP) is 5.10. The van der Waals surface area contributed by atoms with Crippen molar-refractivity contribution in [3.8, 4) is 0 Å². The van der Waals surface area contributed by atoms with Gasteiger partial charge in [-0.3, -0.25) is 9.59 Å². The number of aromatic nitrogens is 1. The second kappa shape index (κ2) is 10.5. The van der Waals surface area contributed by atoms with E-state index in [1.54, 1.807) is 7.11 Å². The quantitative estimate of drug-likeness (QED) is 0.449. The number of methoxy groups -OCH3 is 1. The number of rotatable bonds is 8. The van der Waals surface area contributed by atoms with Gasteiger partial charge in [-0.25, -0.2) is 0 Å². The minimum absolute atomic E-state index is 0.0425. The van der Waals surface area contributed by atoms with Crippen molar-refractivity contribution < 1.29 is 14.3 Å². The van der Waals surface area contributed by atoms with E-state index in [2.05, 4.69) is 16.4 Å². The normalized spacial score (nSPS) is 20.0. The van der Waals surface area contributed by atoms with Crippen LogP contribution in [0.1, 0.15) is 65.5 Å². The van der Waals surface area contributed by atoms with Gasteiger partial charge in [0.2, 0.25) is 5.91 Å². The molecule has 6 heteroatoms. The Bertz CT molecular complexity index is 1240.